The molecule has 2 atom stereocenters. The summed E-state index contributed by atoms with van der Waals surface area (Å²) in [6, 6.07) is 0. The monoisotopic (exact) mass is 243 g/mol. The quantitative estimate of drug-likeness (QED) is 0.722. The Morgan fingerprint density at radius 3 is 2.41 bits per heavy atom. The van der Waals surface area contributed by atoms with Gasteiger partial charge in [0.15, 0.2) is 0 Å². The van der Waals surface area contributed by atoms with Crippen molar-refractivity contribution in [3.8, 4) is 0 Å². The molecule has 1 amide bonds. The SMILES string of the molecule is CCCC(O)CNC(=O)CC(C)CC(C)(C)C. The maximum absolute atomic E-state index is 11.6. The van der Waals surface area contributed by atoms with E-state index in [9.17, 15) is 9.90 Å². The zero-order valence-electron chi connectivity index (χ0n) is 12.0. The number of rotatable bonds is 7. The Balaban J connectivity index is 3.78. The molecule has 0 saturated heterocycles. The van der Waals surface area contributed by atoms with Crippen LogP contribution in [-0.4, -0.2) is 23.7 Å². The molecular formula is C14H29NO2. The highest BCUT2D eigenvalue weighted by atomic mass is 16.3. The van der Waals surface area contributed by atoms with E-state index in [-0.39, 0.29) is 11.3 Å². The molecule has 0 aliphatic carbocycles. The van der Waals surface area contributed by atoms with Crippen LogP contribution in [-0.2, 0) is 4.79 Å². The van der Waals surface area contributed by atoms with E-state index in [2.05, 4.69) is 33.0 Å². The van der Waals surface area contributed by atoms with Gasteiger partial charge in [0, 0.05) is 13.0 Å². The smallest absolute Gasteiger partial charge is 0.220 e. The number of hydrogen-bond acceptors (Lipinski definition) is 2. The number of aliphatic hydroxyl groups excluding tert-OH is 1. The standard InChI is InChI=1S/C14H29NO2/c1-6-7-12(16)10-15-13(17)8-11(2)9-14(3,4)5/h11-12,16H,6-10H2,1-5H3,(H,15,17). The van der Waals surface area contributed by atoms with E-state index in [1.54, 1.807) is 0 Å². The second-order valence-corrected chi connectivity index (χ2v) is 6.32. The largest absolute Gasteiger partial charge is 0.391 e. The molecule has 0 aliphatic heterocycles. The molecule has 0 saturated carbocycles. The molecule has 2 unspecified atom stereocenters. The van der Waals surface area contributed by atoms with E-state index in [4.69, 9.17) is 0 Å². The third-order valence-electron chi connectivity index (χ3n) is 2.65. The molecule has 0 bridgehead atoms. The Morgan fingerprint density at radius 2 is 1.94 bits per heavy atom. The summed E-state index contributed by atoms with van der Waals surface area (Å²) in [6.07, 6.45) is 2.88. The molecule has 3 heteroatoms. The number of nitrogens with one attached hydrogen (secondary N) is 1. The lowest BCUT2D eigenvalue weighted by atomic mass is 9.84. The van der Waals surface area contributed by atoms with Crippen LogP contribution in [0.25, 0.3) is 0 Å². The van der Waals surface area contributed by atoms with Crippen LogP contribution in [0.1, 0.15) is 60.3 Å². The van der Waals surface area contributed by atoms with Crippen molar-refractivity contribution in [2.75, 3.05) is 6.54 Å². The highest BCUT2D eigenvalue weighted by Crippen LogP contribution is 2.25. The summed E-state index contributed by atoms with van der Waals surface area (Å²) in [5.74, 6) is 0.440. The number of hydrogen-bond donors (Lipinski definition) is 2. The Bertz CT molecular complexity index is 221. The Labute approximate surface area is 106 Å². The average Bonchev–Trinajstić information content (AvgIpc) is 2.12. The van der Waals surface area contributed by atoms with Crippen LogP contribution in [0, 0.1) is 11.3 Å². The van der Waals surface area contributed by atoms with Crippen molar-refractivity contribution >= 4 is 5.91 Å². The van der Waals surface area contributed by atoms with Gasteiger partial charge in [0.25, 0.3) is 0 Å². The first kappa shape index (κ1) is 16.4. The lowest BCUT2D eigenvalue weighted by Gasteiger charge is -2.23. The predicted molar refractivity (Wildman–Crippen MR) is 71.8 cm³/mol. The van der Waals surface area contributed by atoms with Gasteiger partial charge in [-0.15, -0.1) is 0 Å². The van der Waals surface area contributed by atoms with Gasteiger partial charge in [-0.3, -0.25) is 4.79 Å². The minimum Gasteiger partial charge on any atom is -0.391 e. The summed E-state index contributed by atoms with van der Waals surface area (Å²) in [6.45, 7) is 11.1. The van der Waals surface area contributed by atoms with Gasteiger partial charge >= 0.3 is 0 Å². The molecule has 0 rings (SSSR count). The molecule has 17 heavy (non-hydrogen) atoms. The van der Waals surface area contributed by atoms with Crippen molar-refractivity contribution < 1.29 is 9.90 Å². The summed E-state index contributed by atoms with van der Waals surface area (Å²) in [7, 11) is 0. The van der Waals surface area contributed by atoms with Gasteiger partial charge in [-0.2, -0.15) is 0 Å². The first-order valence-corrected chi connectivity index (χ1v) is 6.69. The van der Waals surface area contributed by atoms with Gasteiger partial charge < -0.3 is 10.4 Å². The first-order chi connectivity index (χ1) is 7.74. The number of aliphatic hydroxyl groups is 1. The molecule has 0 aromatic carbocycles. The lowest BCUT2D eigenvalue weighted by molar-refractivity contribution is -0.122. The van der Waals surface area contributed by atoms with Gasteiger partial charge in [0.1, 0.15) is 0 Å². The zero-order chi connectivity index (χ0) is 13.5. The van der Waals surface area contributed by atoms with Crippen LogP contribution < -0.4 is 5.32 Å². The average molecular weight is 243 g/mol. The van der Waals surface area contributed by atoms with E-state index >= 15 is 0 Å². The first-order valence-electron chi connectivity index (χ1n) is 6.69. The van der Waals surface area contributed by atoms with E-state index in [1.807, 2.05) is 6.92 Å². The van der Waals surface area contributed by atoms with Crippen LogP contribution >= 0.6 is 0 Å². The van der Waals surface area contributed by atoms with Crippen molar-refractivity contribution in [2.24, 2.45) is 11.3 Å². The number of carbonyl (C=O) groups excluding carboxylic acids is 1. The summed E-state index contributed by atoms with van der Waals surface area (Å²) in [5.41, 5.74) is 0.265. The highest BCUT2D eigenvalue weighted by Gasteiger charge is 2.17. The summed E-state index contributed by atoms with van der Waals surface area (Å²) in [5, 5.41) is 12.3. The Kier molecular flexibility index (Phi) is 7.44. The normalized spacial score (nSPS) is 15.4. The molecule has 0 aromatic heterocycles. The summed E-state index contributed by atoms with van der Waals surface area (Å²) >= 11 is 0. The molecule has 0 aliphatic rings. The molecular weight excluding hydrogens is 214 g/mol. The van der Waals surface area contributed by atoms with Crippen LogP contribution in [0.4, 0.5) is 0 Å². The van der Waals surface area contributed by atoms with Crippen LogP contribution in [0.3, 0.4) is 0 Å². The van der Waals surface area contributed by atoms with Crippen LogP contribution in [0.2, 0.25) is 0 Å². The third-order valence-corrected chi connectivity index (χ3v) is 2.65. The van der Waals surface area contributed by atoms with Crippen LogP contribution in [0.5, 0.6) is 0 Å². The fraction of sp³-hybridized carbons (Fsp3) is 0.929. The molecule has 0 radical (unpaired) electrons. The molecule has 0 fully saturated rings. The van der Waals surface area contributed by atoms with Crippen molar-refractivity contribution in [2.45, 2.75) is 66.4 Å². The van der Waals surface area contributed by atoms with E-state index in [0.717, 1.165) is 19.3 Å². The van der Waals surface area contributed by atoms with E-state index < -0.39 is 6.10 Å². The maximum atomic E-state index is 11.6. The molecule has 2 N–H and O–H groups in total. The second-order valence-electron chi connectivity index (χ2n) is 6.32. The fourth-order valence-corrected chi connectivity index (χ4v) is 2.17. The number of amides is 1. The molecule has 0 spiro atoms. The summed E-state index contributed by atoms with van der Waals surface area (Å²) < 4.78 is 0. The van der Waals surface area contributed by atoms with E-state index in [0.29, 0.717) is 18.9 Å². The maximum Gasteiger partial charge on any atom is 0.220 e. The minimum atomic E-state index is -0.401. The van der Waals surface area contributed by atoms with E-state index in [1.165, 1.54) is 0 Å². The fourth-order valence-electron chi connectivity index (χ4n) is 2.17. The van der Waals surface area contributed by atoms with Crippen molar-refractivity contribution in [1.29, 1.82) is 0 Å². The number of carbonyl (C=O) groups is 1. The predicted octanol–water partition coefficient (Wildman–Crippen LogP) is 2.73. The second kappa shape index (κ2) is 7.70. The minimum absolute atomic E-state index is 0.0527. The highest BCUT2D eigenvalue weighted by molar-refractivity contribution is 5.76. The Hall–Kier alpha value is -0.570. The lowest BCUT2D eigenvalue weighted by Crippen LogP contribution is -2.33. The topological polar surface area (TPSA) is 49.3 Å². The van der Waals surface area contributed by atoms with Crippen LogP contribution in [0.15, 0.2) is 0 Å². The van der Waals surface area contributed by atoms with Gasteiger partial charge in [0.05, 0.1) is 6.10 Å². The molecule has 0 heterocycles. The van der Waals surface area contributed by atoms with Gasteiger partial charge in [-0.25, -0.2) is 0 Å². The van der Waals surface area contributed by atoms with Crippen molar-refractivity contribution in [3.05, 3.63) is 0 Å². The molecule has 102 valence electrons. The molecule has 0 aromatic rings. The van der Waals surface area contributed by atoms with Gasteiger partial charge in [-0.1, -0.05) is 41.0 Å². The van der Waals surface area contributed by atoms with Gasteiger partial charge in [0.2, 0.25) is 5.91 Å². The Morgan fingerprint density at radius 1 is 1.35 bits per heavy atom. The van der Waals surface area contributed by atoms with Crippen molar-refractivity contribution in [3.63, 3.8) is 0 Å². The van der Waals surface area contributed by atoms with Gasteiger partial charge in [-0.05, 0) is 24.2 Å². The molecule has 3 nitrogen and oxygen atoms in total. The summed E-state index contributed by atoms with van der Waals surface area (Å²) in [4.78, 5) is 11.6. The van der Waals surface area contributed by atoms with Crippen molar-refractivity contribution in [1.82, 2.24) is 5.32 Å². The third kappa shape index (κ3) is 10.3. The zero-order valence-corrected chi connectivity index (χ0v) is 12.0.